The number of alkyl halides is 3. The van der Waals surface area contributed by atoms with Crippen LogP contribution in [-0.2, 0) is 0 Å². The Morgan fingerprint density at radius 1 is 1.38 bits per heavy atom. The average molecular weight is 369 g/mol. The molecular formula is C12H12BrF3N2O3. The van der Waals surface area contributed by atoms with Gasteiger partial charge in [-0.2, -0.15) is 13.2 Å². The van der Waals surface area contributed by atoms with E-state index in [0.29, 0.717) is 4.47 Å². The summed E-state index contributed by atoms with van der Waals surface area (Å²) in [4.78, 5) is 23.7. The molecule has 2 amide bonds. The minimum atomic E-state index is -4.37. The van der Waals surface area contributed by atoms with Gasteiger partial charge in [0.05, 0.1) is 17.7 Å². The predicted molar refractivity (Wildman–Crippen MR) is 73.4 cm³/mol. The second-order valence-electron chi connectivity index (χ2n) is 4.18. The first kappa shape index (κ1) is 17.3. The highest BCUT2D eigenvalue weighted by molar-refractivity contribution is 9.10. The Labute approximate surface area is 126 Å². The van der Waals surface area contributed by atoms with Crippen molar-refractivity contribution in [1.29, 1.82) is 0 Å². The summed E-state index contributed by atoms with van der Waals surface area (Å²) in [6.07, 6.45) is -5.51. The van der Waals surface area contributed by atoms with Crippen molar-refractivity contribution in [3.8, 4) is 0 Å². The maximum Gasteiger partial charge on any atom is 0.390 e. The second kappa shape index (κ2) is 6.79. The number of carboxylic acid groups (broad SMARTS) is 1. The number of benzene rings is 1. The molecule has 0 saturated carbocycles. The van der Waals surface area contributed by atoms with Gasteiger partial charge in [0, 0.05) is 18.1 Å². The maximum absolute atomic E-state index is 12.1. The van der Waals surface area contributed by atoms with Crippen LogP contribution in [0.2, 0.25) is 0 Å². The number of carbonyl (C=O) groups excluding carboxylic acids is 1. The molecule has 0 bridgehead atoms. The number of nitrogens with one attached hydrogen (secondary N) is 1. The van der Waals surface area contributed by atoms with Crippen molar-refractivity contribution in [2.45, 2.75) is 12.6 Å². The minimum absolute atomic E-state index is 0.00569. The molecule has 0 aliphatic carbocycles. The summed E-state index contributed by atoms with van der Waals surface area (Å²) in [5.74, 6) is -1.26. The van der Waals surface area contributed by atoms with Crippen LogP contribution in [0.25, 0.3) is 0 Å². The summed E-state index contributed by atoms with van der Waals surface area (Å²) in [7, 11) is 1.19. The van der Waals surface area contributed by atoms with E-state index in [1.807, 2.05) is 0 Å². The number of aromatic carboxylic acids is 1. The van der Waals surface area contributed by atoms with Crippen molar-refractivity contribution < 1.29 is 27.9 Å². The summed E-state index contributed by atoms with van der Waals surface area (Å²) >= 11 is 3.09. The van der Waals surface area contributed by atoms with Crippen molar-refractivity contribution in [2.75, 3.05) is 18.9 Å². The molecule has 0 aliphatic rings. The minimum Gasteiger partial charge on any atom is -0.478 e. The lowest BCUT2D eigenvalue weighted by Crippen LogP contribution is -2.34. The van der Waals surface area contributed by atoms with Crippen molar-refractivity contribution in [1.82, 2.24) is 4.90 Å². The van der Waals surface area contributed by atoms with Gasteiger partial charge in [-0.15, -0.1) is 0 Å². The molecular weight excluding hydrogens is 357 g/mol. The first-order valence-corrected chi connectivity index (χ1v) is 6.52. The lowest BCUT2D eigenvalue weighted by Gasteiger charge is -2.20. The van der Waals surface area contributed by atoms with Crippen LogP contribution in [0.15, 0.2) is 22.7 Å². The van der Waals surface area contributed by atoms with Crippen LogP contribution in [0.1, 0.15) is 16.8 Å². The molecule has 0 heterocycles. The van der Waals surface area contributed by atoms with Crippen LogP contribution < -0.4 is 5.32 Å². The third-order valence-corrected chi connectivity index (χ3v) is 3.21. The number of rotatable bonds is 4. The Hall–Kier alpha value is -1.77. The number of nitrogens with zero attached hydrogens (tertiary/aromatic N) is 1. The van der Waals surface area contributed by atoms with Gasteiger partial charge in [-0.25, -0.2) is 9.59 Å². The molecule has 5 nitrogen and oxygen atoms in total. The highest BCUT2D eigenvalue weighted by Gasteiger charge is 2.28. The van der Waals surface area contributed by atoms with E-state index in [0.717, 1.165) is 4.90 Å². The number of hydrogen-bond acceptors (Lipinski definition) is 2. The zero-order valence-electron chi connectivity index (χ0n) is 10.9. The molecule has 0 unspecified atom stereocenters. The van der Waals surface area contributed by atoms with E-state index >= 15 is 0 Å². The number of carbonyl (C=O) groups is 2. The second-order valence-corrected chi connectivity index (χ2v) is 5.04. The van der Waals surface area contributed by atoms with Gasteiger partial charge in [0.25, 0.3) is 0 Å². The topological polar surface area (TPSA) is 69.6 Å². The molecule has 9 heteroatoms. The molecule has 1 aromatic carbocycles. The third-order valence-electron chi connectivity index (χ3n) is 2.55. The van der Waals surface area contributed by atoms with Gasteiger partial charge in [0.2, 0.25) is 0 Å². The first-order valence-electron chi connectivity index (χ1n) is 5.72. The van der Waals surface area contributed by atoms with Crippen LogP contribution in [-0.4, -0.2) is 41.8 Å². The molecule has 0 atom stereocenters. The Morgan fingerprint density at radius 2 is 2.00 bits per heavy atom. The highest BCUT2D eigenvalue weighted by atomic mass is 79.9. The summed E-state index contributed by atoms with van der Waals surface area (Å²) < 4.78 is 36.6. The van der Waals surface area contributed by atoms with Crippen molar-refractivity contribution in [2.24, 2.45) is 0 Å². The van der Waals surface area contributed by atoms with Crippen LogP contribution in [0.5, 0.6) is 0 Å². The largest absolute Gasteiger partial charge is 0.478 e. The van der Waals surface area contributed by atoms with E-state index in [-0.39, 0.29) is 11.3 Å². The van der Waals surface area contributed by atoms with Gasteiger partial charge < -0.3 is 15.3 Å². The van der Waals surface area contributed by atoms with Gasteiger partial charge in [-0.1, -0.05) is 6.07 Å². The molecule has 0 radical (unpaired) electrons. The maximum atomic E-state index is 12.1. The number of amides is 2. The molecule has 116 valence electrons. The number of anilines is 1. The monoisotopic (exact) mass is 368 g/mol. The fourth-order valence-electron chi connectivity index (χ4n) is 1.43. The Kier molecular flexibility index (Phi) is 5.59. The van der Waals surface area contributed by atoms with Gasteiger partial charge in [0.15, 0.2) is 0 Å². The molecule has 21 heavy (non-hydrogen) atoms. The van der Waals surface area contributed by atoms with Gasteiger partial charge >= 0.3 is 18.2 Å². The summed E-state index contributed by atoms with van der Waals surface area (Å²) in [5, 5.41) is 11.3. The fourth-order valence-corrected chi connectivity index (χ4v) is 1.89. The van der Waals surface area contributed by atoms with Crippen LogP contribution >= 0.6 is 15.9 Å². The average Bonchev–Trinajstić information content (AvgIpc) is 2.36. The Bertz CT molecular complexity index is 549. The molecule has 2 N–H and O–H groups in total. The van der Waals surface area contributed by atoms with Crippen molar-refractivity contribution in [3.63, 3.8) is 0 Å². The summed E-state index contributed by atoms with van der Waals surface area (Å²) in [6.45, 7) is -0.526. The first-order chi connectivity index (χ1) is 9.61. The van der Waals surface area contributed by atoms with E-state index in [9.17, 15) is 22.8 Å². The standard InChI is InChI=1S/C12H12BrF3N2O3/c1-18(6-5-12(14,15)16)11(21)17-9-7(10(19)20)3-2-4-8(9)13/h2-4H,5-6H2,1H3,(H,17,21)(H,19,20). The molecule has 1 aromatic rings. The quantitative estimate of drug-likeness (QED) is 0.853. The smallest absolute Gasteiger partial charge is 0.390 e. The number of urea groups is 1. The van der Waals surface area contributed by atoms with Gasteiger partial charge in [-0.3, -0.25) is 0 Å². The van der Waals surface area contributed by atoms with E-state index in [2.05, 4.69) is 21.2 Å². The van der Waals surface area contributed by atoms with Crippen molar-refractivity contribution >= 4 is 33.6 Å². The van der Waals surface area contributed by atoms with Crippen LogP contribution in [0, 0.1) is 0 Å². The number of para-hydroxylation sites is 1. The predicted octanol–water partition coefficient (Wildman–Crippen LogP) is 3.56. The third kappa shape index (κ3) is 5.25. The van der Waals surface area contributed by atoms with Crippen molar-refractivity contribution in [3.05, 3.63) is 28.2 Å². The Morgan fingerprint density at radius 3 is 2.52 bits per heavy atom. The summed E-state index contributed by atoms with van der Waals surface area (Å²) in [5.41, 5.74) is -0.171. The lowest BCUT2D eigenvalue weighted by atomic mass is 10.2. The van der Waals surface area contributed by atoms with Crippen LogP contribution in [0.4, 0.5) is 23.7 Å². The zero-order chi connectivity index (χ0) is 16.2. The van der Waals surface area contributed by atoms with Gasteiger partial charge in [-0.05, 0) is 28.1 Å². The van der Waals surface area contributed by atoms with Gasteiger partial charge in [0.1, 0.15) is 0 Å². The molecule has 1 rings (SSSR count). The lowest BCUT2D eigenvalue weighted by molar-refractivity contribution is -0.135. The number of halogens is 4. The summed E-state index contributed by atoms with van der Waals surface area (Å²) in [6, 6.07) is 3.43. The molecule has 0 saturated heterocycles. The number of hydrogen-bond donors (Lipinski definition) is 2. The molecule has 0 aliphatic heterocycles. The normalized spacial score (nSPS) is 11.1. The number of carboxylic acids is 1. The molecule has 0 spiro atoms. The van der Waals surface area contributed by atoms with E-state index in [4.69, 9.17) is 5.11 Å². The molecule has 0 aromatic heterocycles. The van der Waals surface area contributed by atoms with E-state index in [1.165, 1.54) is 25.2 Å². The zero-order valence-corrected chi connectivity index (χ0v) is 12.5. The van der Waals surface area contributed by atoms with E-state index in [1.54, 1.807) is 0 Å². The van der Waals surface area contributed by atoms with Crippen LogP contribution in [0.3, 0.4) is 0 Å². The van der Waals surface area contributed by atoms with E-state index < -0.39 is 31.1 Å². The SMILES string of the molecule is CN(CCC(F)(F)F)C(=O)Nc1c(Br)cccc1C(=O)O. The Balaban J connectivity index is 2.82. The fraction of sp³-hybridized carbons (Fsp3) is 0.333. The highest BCUT2D eigenvalue weighted by Crippen LogP contribution is 2.27. The molecule has 0 fully saturated rings.